The first-order chi connectivity index (χ1) is 12.5. The lowest BCUT2D eigenvalue weighted by atomic mass is 10.1. The Morgan fingerprint density at radius 2 is 1.48 bits per heavy atom. The molecule has 0 saturated heterocycles. The standard InChI is InChI=1S/C18H19Cl3O4S2/c1-26(22,23)11-3-2-4-18(13-5-10-16(20)17(21)12-13)27(24,25)15-8-6-14(19)7-9-15/h5-10,12,18H,2-4,11H2,1H3. The maximum atomic E-state index is 13.2. The number of sulfone groups is 2. The second-order valence-electron chi connectivity index (χ2n) is 6.29. The molecule has 0 aliphatic heterocycles. The monoisotopic (exact) mass is 468 g/mol. The van der Waals surface area contributed by atoms with Crippen molar-refractivity contribution in [1.82, 2.24) is 0 Å². The normalized spacial score (nSPS) is 13.5. The van der Waals surface area contributed by atoms with E-state index in [1.165, 1.54) is 24.3 Å². The van der Waals surface area contributed by atoms with E-state index >= 15 is 0 Å². The molecule has 0 aromatic heterocycles. The number of benzene rings is 2. The minimum Gasteiger partial charge on any atom is -0.229 e. The van der Waals surface area contributed by atoms with Crippen molar-refractivity contribution < 1.29 is 16.8 Å². The first-order valence-electron chi connectivity index (χ1n) is 8.13. The third kappa shape index (κ3) is 6.36. The van der Waals surface area contributed by atoms with Gasteiger partial charge in [0, 0.05) is 17.0 Å². The molecule has 1 atom stereocenters. The number of halogens is 3. The smallest absolute Gasteiger partial charge is 0.185 e. The highest BCUT2D eigenvalue weighted by atomic mass is 35.5. The summed E-state index contributed by atoms with van der Waals surface area (Å²) in [5, 5.41) is 0.169. The molecule has 0 radical (unpaired) electrons. The molecule has 0 heterocycles. The highest BCUT2D eigenvalue weighted by Crippen LogP contribution is 2.36. The molecule has 0 aliphatic rings. The molecule has 0 aliphatic carbocycles. The van der Waals surface area contributed by atoms with Gasteiger partial charge < -0.3 is 0 Å². The van der Waals surface area contributed by atoms with Crippen molar-refractivity contribution in [3.8, 4) is 0 Å². The van der Waals surface area contributed by atoms with E-state index in [2.05, 4.69) is 0 Å². The van der Waals surface area contributed by atoms with Crippen LogP contribution in [0.5, 0.6) is 0 Å². The van der Waals surface area contributed by atoms with Crippen molar-refractivity contribution in [3.63, 3.8) is 0 Å². The Labute approximate surface area is 175 Å². The maximum absolute atomic E-state index is 13.2. The van der Waals surface area contributed by atoms with Crippen molar-refractivity contribution in [3.05, 3.63) is 63.1 Å². The number of hydrogen-bond donors (Lipinski definition) is 0. The molecular weight excluding hydrogens is 451 g/mol. The van der Waals surface area contributed by atoms with Gasteiger partial charge in [0.15, 0.2) is 9.84 Å². The van der Waals surface area contributed by atoms with Crippen LogP contribution < -0.4 is 0 Å². The Morgan fingerprint density at radius 1 is 0.852 bits per heavy atom. The van der Waals surface area contributed by atoms with Gasteiger partial charge in [0.1, 0.15) is 9.84 Å². The highest BCUT2D eigenvalue weighted by molar-refractivity contribution is 7.91. The largest absolute Gasteiger partial charge is 0.229 e. The molecule has 0 bridgehead atoms. The quantitative estimate of drug-likeness (QED) is 0.487. The molecule has 9 heteroatoms. The number of rotatable bonds is 8. The molecule has 4 nitrogen and oxygen atoms in total. The van der Waals surface area contributed by atoms with Gasteiger partial charge in [0.25, 0.3) is 0 Å². The van der Waals surface area contributed by atoms with E-state index in [1.54, 1.807) is 18.2 Å². The second-order valence-corrected chi connectivity index (χ2v) is 11.9. The van der Waals surface area contributed by atoms with Crippen LogP contribution in [0.2, 0.25) is 15.1 Å². The van der Waals surface area contributed by atoms with Gasteiger partial charge in [-0.1, -0.05) is 47.3 Å². The zero-order valence-electron chi connectivity index (χ0n) is 14.5. The van der Waals surface area contributed by atoms with Crippen LogP contribution in [0.15, 0.2) is 47.4 Å². The molecular formula is C18H19Cl3O4S2. The molecule has 0 amide bonds. The predicted molar refractivity (Wildman–Crippen MR) is 111 cm³/mol. The van der Waals surface area contributed by atoms with Gasteiger partial charge in [0.2, 0.25) is 0 Å². The van der Waals surface area contributed by atoms with Crippen LogP contribution in [0.3, 0.4) is 0 Å². The topological polar surface area (TPSA) is 68.3 Å². The molecule has 27 heavy (non-hydrogen) atoms. The molecule has 0 spiro atoms. The molecule has 0 N–H and O–H groups in total. The van der Waals surface area contributed by atoms with E-state index in [-0.39, 0.29) is 22.1 Å². The average Bonchev–Trinajstić information content (AvgIpc) is 2.57. The van der Waals surface area contributed by atoms with Crippen LogP contribution in [-0.2, 0) is 19.7 Å². The van der Waals surface area contributed by atoms with Crippen LogP contribution in [-0.4, -0.2) is 28.8 Å². The fourth-order valence-corrected chi connectivity index (χ4v) is 5.68. The van der Waals surface area contributed by atoms with Gasteiger partial charge >= 0.3 is 0 Å². The summed E-state index contributed by atoms with van der Waals surface area (Å²) in [5.41, 5.74) is 0.513. The molecule has 2 aromatic carbocycles. The van der Waals surface area contributed by atoms with Crippen LogP contribution in [0, 0.1) is 0 Å². The van der Waals surface area contributed by atoms with Gasteiger partial charge in [-0.15, -0.1) is 0 Å². The Bertz CT molecular complexity index is 1000. The summed E-state index contributed by atoms with van der Waals surface area (Å²) in [7, 11) is -6.82. The average molecular weight is 470 g/mol. The fourth-order valence-electron chi connectivity index (χ4n) is 2.70. The van der Waals surface area contributed by atoms with Gasteiger partial charge in [-0.3, -0.25) is 0 Å². The van der Waals surface area contributed by atoms with Crippen molar-refractivity contribution in [2.24, 2.45) is 0 Å². The Balaban J connectivity index is 2.36. The first-order valence-corrected chi connectivity index (χ1v) is 12.9. The van der Waals surface area contributed by atoms with Crippen LogP contribution in [0.4, 0.5) is 0 Å². The first kappa shape index (κ1) is 22.5. The molecule has 148 valence electrons. The van der Waals surface area contributed by atoms with Crippen LogP contribution in [0.1, 0.15) is 30.1 Å². The lowest BCUT2D eigenvalue weighted by Crippen LogP contribution is -2.15. The number of hydrogen-bond acceptors (Lipinski definition) is 4. The molecule has 1 unspecified atom stereocenters. The van der Waals surface area contributed by atoms with E-state index in [1.807, 2.05) is 0 Å². The van der Waals surface area contributed by atoms with E-state index in [9.17, 15) is 16.8 Å². The SMILES string of the molecule is CS(=O)(=O)CCCCC(c1ccc(Cl)c(Cl)c1)S(=O)(=O)c1ccc(Cl)cc1. The molecule has 0 fully saturated rings. The summed E-state index contributed by atoms with van der Waals surface area (Å²) in [5.74, 6) is 0.0160. The zero-order valence-corrected chi connectivity index (χ0v) is 18.4. The molecule has 2 aromatic rings. The van der Waals surface area contributed by atoms with E-state index < -0.39 is 24.9 Å². The van der Waals surface area contributed by atoms with Crippen molar-refractivity contribution in [2.45, 2.75) is 29.4 Å². The third-order valence-corrected chi connectivity index (χ3v) is 8.27. The van der Waals surface area contributed by atoms with Gasteiger partial charge in [-0.2, -0.15) is 0 Å². The lowest BCUT2D eigenvalue weighted by Gasteiger charge is -2.19. The fraction of sp³-hybridized carbons (Fsp3) is 0.333. The van der Waals surface area contributed by atoms with E-state index in [0.717, 1.165) is 6.26 Å². The minimum atomic E-state index is -3.73. The third-order valence-electron chi connectivity index (χ3n) is 4.06. The van der Waals surface area contributed by atoms with Gasteiger partial charge in [-0.25, -0.2) is 16.8 Å². The summed E-state index contributed by atoms with van der Waals surface area (Å²) in [4.78, 5) is 0.145. The van der Waals surface area contributed by atoms with Crippen LogP contribution in [0.25, 0.3) is 0 Å². The van der Waals surface area contributed by atoms with Crippen molar-refractivity contribution >= 4 is 54.5 Å². The lowest BCUT2D eigenvalue weighted by molar-refractivity contribution is 0.567. The predicted octanol–water partition coefficient (Wildman–Crippen LogP) is 5.38. The molecule has 2 rings (SSSR count). The summed E-state index contributed by atoms with van der Waals surface area (Å²) in [6.07, 6.45) is 2.24. The zero-order chi connectivity index (χ0) is 20.2. The molecule has 0 saturated carbocycles. The van der Waals surface area contributed by atoms with Gasteiger partial charge in [-0.05, 0) is 54.8 Å². The van der Waals surface area contributed by atoms with E-state index in [0.29, 0.717) is 28.5 Å². The van der Waals surface area contributed by atoms with Crippen molar-refractivity contribution in [2.75, 3.05) is 12.0 Å². The second kappa shape index (κ2) is 9.14. The van der Waals surface area contributed by atoms with E-state index in [4.69, 9.17) is 34.8 Å². The van der Waals surface area contributed by atoms with Crippen molar-refractivity contribution in [1.29, 1.82) is 0 Å². The summed E-state index contributed by atoms with van der Waals surface area (Å²) >= 11 is 17.9. The Hall–Kier alpha value is -0.790. The summed E-state index contributed by atoms with van der Waals surface area (Å²) in [6.45, 7) is 0. The highest BCUT2D eigenvalue weighted by Gasteiger charge is 2.29. The number of unbranched alkanes of at least 4 members (excludes halogenated alkanes) is 1. The maximum Gasteiger partial charge on any atom is 0.185 e. The minimum absolute atomic E-state index is 0.0160. The Kier molecular flexibility index (Phi) is 7.62. The Morgan fingerprint density at radius 3 is 2.04 bits per heavy atom. The van der Waals surface area contributed by atoms with Gasteiger partial charge in [0.05, 0.1) is 20.2 Å². The van der Waals surface area contributed by atoms with Crippen LogP contribution >= 0.6 is 34.8 Å². The summed E-state index contributed by atoms with van der Waals surface area (Å²) in [6, 6.07) is 10.7. The summed E-state index contributed by atoms with van der Waals surface area (Å²) < 4.78 is 49.0.